The minimum Gasteiger partial charge on any atom is -0.390 e. The van der Waals surface area contributed by atoms with Crippen LogP contribution in [0.2, 0.25) is 0 Å². The van der Waals surface area contributed by atoms with Gasteiger partial charge in [-0.25, -0.2) is 0 Å². The quantitative estimate of drug-likeness (QED) is 0.623. The van der Waals surface area contributed by atoms with E-state index in [2.05, 4.69) is 42.7 Å². The van der Waals surface area contributed by atoms with Crippen molar-refractivity contribution >= 4 is 11.8 Å². The zero-order valence-corrected chi connectivity index (χ0v) is 21.1. The molecule has 0 aromatic heterocycles. The number of benzene rings is 1. The van der Waals surface area contributed by atoms with E-state index in [1.54, 1.807) is 18.9 Å². The van der Waals surface area contributed by atoms with Gasteiger partial charge in [0.05, 0.1) is 12.1 Å². The average molecular weight is 460 g/mol. The van der Waals surface area contributed by atoms with Crippen LogP contribution in [0.4, 0.5) is 0 Å². The Hall–Kier alpha value is -1.92. The maximum atomic E-state index is 13.0. The Labute approximate surface area is 200 Å². The van der Waals surface area contributed by atoms with E-state index in [4.69, 9.17) is 0 Å². The summed E-state index contributed by atoms with van der Waals surface area (Å²) in [5.74, 6) is 0.215. The van der Waals surface area contributed by atoms with Gasteiger partial charge < -0.3 is 20.6 Å². The van der Waals surface area contributed by atoms with E-state index >= 15 is 0 Å². The van der Waals surface area contributed by atoms with Crippen LogP contribution in [0.1, 0.15) is 82.8 Å². The minimum absolute atomic E-state index is 0.00929. The number of aliphatic hydroxyl groups is 1. The maximum Gasteiger partial charge on any atom is 0.242 e. The summed E-state index contributed by atoms with van der Waals surface area (Å²) in [4.78, 5) is 27.0. The van der Waals surface area contributed by atoms with Crippen LogP contribution >= 0.6 is 0 Å². The molecule has 0 aliphatic carbocycles. The second-order valence-corrected chi connectivity index (χ2v) is 9.98. The molecule has 3 N–H and O–H groups in total. The van der Waals surface area contributed by atoms with Gasteiger partial charge >= 0.3 is 0 Å². The smallest absolute Gasteiger partial charge is 0.242 e. The highest BCUT2D eigenvalue weighted by Gasteiger charge is 2.28. The molecule has 2 rings (SSSR count). The first kappa shape index (κ1) is 27.3. The van der Waals surface area contributed by atoms with Crippen molar-refractivity contribution in [1.29, 1.82) is 0 Å². The van der Waals surface area contributed by atoms with E-state index < -0.39 is 12.1 Å². The zero-order chi connectivity index (χ0) is 24.2. The Bertz CT molecular complexity index is 739. The molecule has 2 amide bonds. The van der Waals surface area contributed by atoms with Crippen molar-refractivity contribution in [2.24, 2.45) is 5.92 Å². The molecule has 1 heterocycles. The Balaban J connectivity index is 2.02. The summed E-state index contributed by atoms with van der Waals surface area (Å²) in [6.07, 6.45) is 8.30. The standard InChI is InChI=1S/C27H45N3O3/c1-20-13-11-14-23(16-20)18-28-19-25(31)24-17-21(2)12-9-7-5-6-8-10-15-26(32)30(4)22(3)27(33)29-24/h11,13-14,16,21-22,24-25,28,31H,5-10,12,15,17-19H2,1-4H3,(H,29,33)/t21-,22-,24?,25?/m0/s1. The summed E-state index contributed by atoms with van der Waals surface area (Å²) in [5, 5.41) is 17.4. The lowest BCUT2D eigenvalue weighted by molar-refractivity contribution is -0.139. The van der Waals surface area contributed by atoms with Gasteiger partial charge in [0.2, 0.25) is 11.8 Å². The summed E-state index contributed by atoms with van der Waals surface area (Å²) in [7, 11) is 1.70. The van der Waals surface area contributed by atoms with Crippen molar-refractivity contribution in [2.45, 2.75) is 103 Å². The van der Waals surface area contributed by atoms with Crippen LogP contribution in [-0.4, -0.2) is 53.6 Å². The molecule has 2 unspecified atom stereocenters. The van der Waals surface area contributed by atoms with Crippen molar-refractivity contribution in [3.63, 3.8) is 0 Å². The van der Waals surface area contributed by atoms with Gasteiger partial charge in [0.25, 0.3) is 0 Å². The van der Waals surface area contributed by atoms with Gasteiger partial charge in [-0.3, -0.25) is 9.59 Å². The first-order chi connectivity index (χ1) is 15.8. The third-order valence-electron chi connectivity index (χ3n) is 6.90. The average Bonchev–Trinajstić information content (AvgIpc) is 2.78. The molecule has 1 aromatic rings. The third-order valence-corrected chi connectivity index (χ3v) is 6.90. The molecule has 1 aliphatic heterocycles. The molecule has 0 spiro atoms. The van der Waals surface area contributed by atoms with E-state index in [-0.39, 0.29) is 17.9 Å². The molecule has 6 nitrogen and oxygen atoms in total. The first-order valence-electron chi connectivity index (χ1n) is 12.8. The number of hydrogen-bond donors (Lipinski definition) is 3. The third kappa shape index (κ3) is 9.85. The van der Waals surface area contributed by atoms with Crippen LogP contribution in [0.3, 0.4) is 0 Å². The Kier molecular flexibility index (Phi) is 11.9. The number of likely N-dealkylation sites (N-methyl/N-ethyl adjacent to an activating group) is 1. The van der Waals surface area contributed by atoms with Crippen molar-refractivity contribution in [1.82, 2.24) is 15.5 Å². The molecule has 33 heavy (non-hydrogen) atoms. The Morgan fingerprint density at radius 2 is 1.82 bits per heavy atom. The molecule has 1 aliphatic rings. The number of aliphatic hydroxyl groups excluding tert-OH is 1. The molecular weight excluding hydrogens is 414 g/mol. The van der Waals surface area contributed by atoms with Crippen LogP contribution < -0.4 is 10.6 Å². The summed E-state index contributed by atoms with van der Waals surface area (Å²) in [5.41, 5.74) is 2.38. The number of carbonyl (C=O) groups excluding carboxylic acids is 2. The highest BCUT2D eigenvalue weighted by Crippen LogP contribution is 2.19. The van der Waals surface area contributed by atoms with E-state index in [0.29, 0.717) is 25.4 Å². The number of rotatable bonds is 5. The normalized spacial score (nSPS) is 25.5. The molecule has 0 radical (unpaired) electrons. The van der Waals surface area contributed by atoms with Gasteiger partial charge in [0, 0.05) is 26.6 Å². The van der Waals surface area contributed by atoms with Crippen molar-refractivity contribution < 1.29 is 14.7 Å². The highest BCUT2D eigenvalue weighted by atomic mass is 16.3. The van der Waals surface area contributed by atoms with Gasteiger partial charge in [-0.05, 0) is 38.2 Å². The molecule has 6 heteroatoms. The number of hydrogen-bond acceptors (Lipinski definition) is 4. The summed E-state index contributed by atoms with van der Waals surface area (Å²) < 4.78 is 0. The fourth-order valence-corrected chi connectivity index (χ4v) is 4.54. The van der Waals surface area contributed by atoms with Crippen molar-refractivity contribution in [3.05, 3.63) is 35.4 Å². The van der Waals surface area contributed by atoms with Crippen LogP contribution in [0.5, 0.6) is 0 Å². The number of aryl methyl sites for hydroxylation is 1. The fraction of sp³-hybridized carbons (Fsp3) is 0.704. The summed E-state index contributed by atoms with van der Waals surface area (Å²) in [6.45, 7) is 7.10. The topological polar surface area (TPSA) is 81.7 Å². The predicted octanol–water partition coefficient (Wildman–Crippen LogP) is 3.94. The molecule has 0 bridgehead atoms. The van der Waals surface area contributed by atoms with E-state index in [1.807, 2.05) is 6.07 Å². The van der Waals surface area contributed by atoms with E-state index in [1.165, 1.54) is 30.4 Å². The predicted molar refractivity (Wildman–Crippen MR) is 134 cm³/mol. The van der Waals surface area contributed by atoms with Crippen molar-refractivity contribution in [3.8, 4) is 0 Å². The lowest BCUT2D eigenvalue weighted by Gasteiger charge is -2.31. The van der Waals surface area contributed by atoms with Crippen molar-refractivity contribution in [2.75, 3.05) is 13.6 Å². The van der Waals surface area contributed by atoms with Gasteiger partial charge in [-0.1, -0.05) is 75.3 Å². The second-order valence-electron chi connectivity index (χ2n) is 9.98. The van der Waals surface area contributed by atoms with Gasteiger partial charge in [-0.2, -0.15) is 0 Å². The maximum absolute atomic E-state index is 13.0. The summed E-state index contributed by atoms with van der Waals surface area (Å²) in [6, 6.07) is 7.39. The van der Waals surface area contributed by atoms with Crippen LogP contribution in [-0.2, 0) is 16.1 Å². The van der Waals surface area contributed by atoms with Gasteiger partial charge in [0.15, 0.2) is 0 Å². The molecule has 1 aromatic carbocycles. The SMILES string of the molecule is Cc1cccc(CNCC(O)C2C[C@@H](C)CCCCCCCCC(=O)N(C)[C@@H](C)C(=O)N2)c1. The minimum atomic E-state index is -0.701. The molecule has 0 saturated carbocycles. The number of nitrogens with zero attached hydrogens (tertiary/aromatic N) is 1. The first-order valence-corrected chi connectivity index (χ1v) is 12.8. The lowest BCUT2D eigenvalue weighted by atomic mass is 9.92. The lowest BCUT2D eigenvalue weighted by Crippen LogP contribution is -2.53. The zero-order valence-electron chi connectivity index (χ0n) is 21.1. The Morgan fingerprint density at radius 3 is 2.55 bits per heavy atom. The van der Waals surface area contributed by atoms with E-state index in [9.17, 15) is 14.7 Å². The van der Waals surface area contributed by atoms with Gasteiger partial charge in [-0.15, -0.1) is 0 Å². The highest BCUT2D eigenvalue weighted by molar-refractivity contribution is 5.87. The molecule has 186 valence electrons. The van der Waals surface area contributed by atoms with Crippen LogP contribution in [0, 0.1) is 12.8 Å². The van der Waals surface area contributed by atoms with E-state index in [0.717, 1.165) is 32.1 Å². The van der Waals surface area contributed by atoms with Crippen LogP contribution in [0.25, 0.3) is 0 Å². The fourth-order valence-electron chi connectivity index (χ4n) is 4.54. The number of carbonyl (C=O) groups is 2. The van der Waals surface area contributed by atoms with Crippen LogP contribution in [0.15, 0.2) is 24.3 Å². The number of nitrogens with one attached hydrogen (secondary N) is 2. The monoisotopic (exact) mass is 459 g/mol. The largest absolute Gasteiger partial charge is 0.390 e. The molecule has 1 fully saturated rings. The Morgan fingerprint density at radius 1 is 1.12 bits per heavy atom. The molecule has 1 saturated heterocycles. The molecular formula is C27H45N3O3. The van der Waals surface area contributed by atoms with Gasteiger partial charge in [0.1, 0.15) is 6.04 Å². The second kappa shape index (κ2) is 14.4. The molecule has 4 atom stereocenters. The summed E-state index contributed by atoms with van der Waals surface area (Å²) >= 11 is 0. The number of amides is 2.